The summed E-state index contributed by atoms with van der Waals surface area (Å²) in [5.74, 6) is 0.461. The molecule has 27 heavy (non-hydrogen) atoms. The third-order valence-electron chi connectivity index (χ3n) is 3.94. The Labute approximate surface area is 159 Å². The number of methoxy groups -OCH3 is 2. The highest BCUT2D eigenvalue weighted by Gasteiger charge is 2.09. The van der Waals surface area contributed by atoms with Gasteiger partial charge in [0.15, 0.2) is 11.5 Å². The van der Waals surface area contributed by atoms with E-state index in [2.05, 4.69) is 10.6 Å². The second-order valence-corrected chi connectivity index (χ2v) is 5.69. The van der Waals surface area contributed by atoms with E-state index in [9.17, 15) is 9.59 Å². The molecule has 2 rings (SSSR count). The Morgan fingerprint density at radius 2 is 1.81 bits per heavy atom. The summed E-state index contributed by atoms with van der Waals surface area (Å²) in [6.45, 7) is 1.90. The van der Waals surface area contributed by atoms with Gasteiger partial charge in [-0.3, -0.25) is 9.59 Å². The minimum Gasteiger partial charge on any atom is -0.493 e. The first-order chi connectivity index (χ1) is 13.1. The number of aryl methyl sites for hydroxylation is 1. The molecule has 6 nitrogen and oxygen atoms in total. The summed E-state index contributed by atoms with van der Waals surface area (Å²) >= 11 is 0. The van der Waals surface area contributed by atoms with Crippen LogP contribution in [0.5, 0.6) is 11.5 Å². The first-order valence-corrected chi connectivity index (χ1v) is 8.63. The molecule has 2 aromatic carbocycles. The van der Waals surface area contributed by atoms with E-state index in [0.29, 0.717) is 17.1 Å². The van der Waals surface area contributed by atoms with E-state index in [1.54, 1.807) is 31.4 Å². The van der Waals surface area contributed by atoms with Crippen molar-refractivity contribution < 1.29 is 19.1 Å². The molecule has 0 fully saturated rings. The van der Waals surface area contributed by atoms with Crippen LogP contribution in [0.3, 0.4) is 0 Å². The number of hydrogen-bond acceptors (Lipinski definition) is 4. The van der Waals surface area contributed by atoms with Gasteiger partial charge < -0.3 is 20.1 Å². The smallest absolute Gasteiger partial charge is 0.244 e. The monoisotopic (exact) mass is 368 g/mol. The summed E-state index contributed by atoms with van der Waals surface area (Å²) in [5, 5.41) is 5.38. The number of para-hydroxylation sites is 2. The van der Waals surface area contributed by atoms with Crippen LogP contribution >= 0.6 is 0 Å². The normalized spacial score (nSPS) is 10.5. The molecule has 142 valence electrons. The summed E-state index contributed by atoms with van der Waals surface area (Å²) < 4.78 is 10.5. The second-order valence-electron chi connectivity index (χ2n) is 5.69. The van der Waals surface area contributed by atoms with Gasteiger partial charge in [-0.25, -0.2) is 0 Å². The van der Waals surface area contributed by atoms with Crippen molar-refractivity contribution in [3.05, 3.63) is 59.7 Å². The topological polar surface area (TPSA) is 76.7 Å². The quantitative estimate of drug-likeness (QED) is 0.702. The summed E-state index contributed by atoms with van der Waals surface area (Å²) in [7, 11) is 3.08. The molecule has 0 unspecified atom stereocenters. The molecule has 0 radical (unpaired) electrons. The first-order valence-electron chi connectivity index (χ1n) is 8.63. The van der Waals surface area contributed by atoms with Gasteiger partial charge in [0.05, 0.1) is 20.8 Å². The van der Waals surface area contributed by atoms with Crippen LogP contribution in [-0.4, -0.2) is 32.6 Å². The van der Waals surface area contributed by atoms with E-state index >= 15 is 0 Å². The van der Waals surface area contributed by atoms with Crippen LogP contribution < -0.4 is 20.1 Å². The lowest BCUT2D eigenvalue weighted by Gasteiger charge is -2.10. The average Bonchev–Trinajstić information content (AvgIpc) is 2.70. The van der Waals surface area contributed by atoms with Gasteiger partial charge in [0.2, 0.25) is 11.8 Å². The summed E-state index contributed by atoms with van der Waals surface area (Å²) in [4.78, 5) is 24.1. The fourth-order valence-corrected chi connectivity index (χ4v) is 2.58. The van der Waals surface area contributed by atoms with Gasteiger partial charge in [-0.05, 0) is 30.2 Å². The van der Waals surface area contributed by atoms with Gasteiger partial charge in [0, 0.05) is 17.3 Å². The van der Waals surface area contributed by atoms with Crippen molar-refractivity contribution in [1.29, 1.82) is 0 Å². The Morgan fingerprint density at radius 3 is 2.52 bits per heavy atom. The van der Waals surface area contributed by atoms with Crippen molar-refractivity contribution >= 4 is 23.6 Å². The van der Waals surface area contributed by atoms with Gasteiger partial charge >= 0.3 is 0 Å². The lowest BCUT2D eigenvalue weighted by molar-refractivity contribution is -0.121. The van der Waals surface area contributed by atoms with Crippen molar-refractivity contribution in [3.63, 3.8) is 0 Å². The van der Waals surface area contributed by atoms with E-state index in [0.717, 1.165) is 17.7 Å². The van der Waals surface area contributed by atoms with Gasteiger partial charge in [-0.2, -0.15) is 0 Å². The highest BCUT2D eigenvalue weighted by atomic mass is 16.5. The number of ether oxygens (including phenoxy) is 2. The molecule has 0 spiro atoms. The number of amides is 2. The van der Waals surface area contributed by atoms with Gasteiger partial charge in [0.1, 0.15) is 0 Å². The molecular weight excluding hydrogens is 344 g/mol. The molecule has 0 aliphatic rings. The minimum absolute atomic E-state index is 0.115. The van der Waals surface area contributed by atoms with Crippen LogP contribution in [-0.2, 0) is 16.0 Å². The number of carbonyl (C=O) groups is 2. The van der Waals surface area contributed by atoms with Crippen LogP contribution in [0, 0.1) is 0 Å². The maximum absolute atomic E-state index is 12.1. The third-order valence-corrected chi connectivity index (χ3v) is 3.94. The van der Waals surface area contributed by atoms with Crippen LogP contribution in [0.4, 0.5) is 5.69 Å². The number of hydrogen-bond donors (Lipinski definition) is 2. The third kappa shape index (κ3) is 5.60. The zero-order valence-electron chi connectivity index (χ0n) is 15.7. The number of anilines is 1. The van der Waals surface area contributed by atoms with E-state index in [-0.39, 0.29) is 18.4 Å². The van der Waals surface area contributed by atoms with Gasteiger partial charge in [-0.1, -0.05) is 37.3 Å². The molecule has 0 saturated carbocycles. The molecule has 0 aromatic heterocycles. The van der Waals surface area contributed by atoms with Gasteiger partial charge in [-0.15, -0.1) is 0 Å². The molecule has 0 bridgehead atoms. The molecule has 6 heteroatoms. The zero-order chi connectivity index (χ0) is 19.6. The van der Waals surface area contributed by atoms with Crippen molar-refractivity contribution in [1.82, 2.24) is 5.32 Å². The number of nitrogens with one attached hydrogen (secondary N) is 2. The molecule has 2 aromatic rings. The van der Waals surface area contributed by atoms with Gasteiger partial charge in [0.25, 0.3) is 0 Å². The summed E-state index contributed by atoms with van der Waals surface area (Å²) in [6, 6.07) is 13.0. The maximum Gasteiger partial charge on any atom is 0.244 e. The molecule has 2 N–H and O–H groups in total. The van der Waals surface area contributed by atoms with Crippen molar-refractivity contribution in [2.45, 2.75) is 13.3 Å². The minimum atomic E-state index is -0.376. The number of carbonyl (C=O) groups excluding carboxylic acids is 2. The molecule has 0 atom stereocenters. The average molecular weight is 368 g/mol. The van der Waals surface area contributed by atoms with Crippen LogP contribution in [0.15, 0.2) is 48.5 Å². The van der Waals surface area contributed by atoms with Crippen molar-refractivity contribution in [2.75, 3.05) is 26.1 Å². The predicted octanol–water partition coefficient (Wildman–Crippen LogP) is 3.03. The summed E-state index contributed by atoms with van der Waals surface area (Å²) in [6.07, 6.45) is 3.78. The molecular formula is C21H24N2O4. The molecule has 0 heterocycles. The lowest BCUT2D eigenvalue weighted by atomic mass is 10.1. The molecule has 2 amide bonds. The molecule has 0 aliphatic carbocycles. The fraction of sp³-hybridized carbons (Fsp3) is 0.238. The first kappa shape index (κ1) is 20.0. The summed E-state index contributed by atoms with van der Waals surface area (Å²) in [5.41, 5.74) is 2.51. The lowest BCUT2D eigenvalue weighted by Crippen LogP contribution is -2.31. The maximum atomic E-state index is 12.1. The Balaban J connectivity index is 1.92. The molecule has 0 aliphatic heterocycles. The Kier molecular flexibility index (Phi) is 7.43. The SMILES string of the molecule is CCc1ccccc1NC(=O)CNC(=O)/C=C/c1cccc(OC)c1OC. The standard InChI is InChI=1S/C21H24N2O4/c1-4-15-8-5-6-10-17(15)23-20(25)14-22-19(24)13-12-16-9-7-11-18(26-2)21(16)27-3/h5-13H,4,14H2,1-3H3,(H,22,24)(H,23,25)/b13-12+. The largest absolute Gasteiger partial charge is 0.493 e. The zero-order valence-corrected chi connectivity index (χ0v) is 15.7. The van der Waals surface area contributed by atoms with Crippen LogP contribution in [0.25, 0.3) is 6.08 Å². The second kappa shape index (κ2) is 10.0. The Bertz CT molecular complexity index is 831. The number of benzene rings is 2. The van der Waals surface area contributed by atoms with E-state index in [1.807, 2.05) is 31.2 Å². The highest BCUT2D eigenvalue weighted by Crippen LogP contribution is 2.31. The van der Waals surface area contributed by atoms with E-state index in [1.165, 1.54) is 13.2 Å². The number of rotatable bonds is 8. The van der Waals surface area contributed by atoms with Crippen LogP contribution in [0.2, 0.25) is 0 Å². The highest BCUT2D eigenvalue weighted by molar-refractivity contribution is 5.98. The van der Waals surface area contributed by atoms with Crippen molar-refractivity contribution in [2.24, 2.45) is 0 Å². The molecule has 0 saturated heterocycles. The fourth-order valence-electron chi connectivity index (χ4n) is 2.58. The van der Waals surface area contributed by atoms with E-state index < -0.39 is 0 Å². The Morgan fingerprint density at radius 1 is 1.04 bits per heavy atom. The van der Waals surface area contributed by atoms with E-state index in [4.69, 9.17) is 9.47 Å². The van der Waals surface area contributed by atoms with Crippen molar-refractivity contribution in [3.8, 4) is 11.5 Å². The van der Waals surface area contributed by atoms with Crippen LogP contribution in [0.1, 0.15) is 18.1 Å². The Hall–Kier alpha value is -3.28. The predicted molar refractivity (Wildman–Crippen MR) is 106 cm³/mol.